The molecule has 0 spiro atoms. The van der Waals surface area contributed by atoms with Crippen LogP contribution < -0.4 is 5.32 Å². The number of likely N-dealkylation sites (N-methyl/N-ethyl adjacent to an activating group) is 1. The van der Waals surface area contributed by atoms with Gasteiger partial charge >= 0.3 is 12.0 Å². The fraction of sp³-hybridized carbons (Fsp3) is 0.273. The first kappa shape index (κ1) is 14.6. The highest BCUT2D eigenvalue weighted by molar-refractivity contribution is 6.43. The Morgan fingerprint density at radius 2 is 2.06 bits per heavy atom. The number of benzene rings is 1. The maximum absolute atomic E-state index is 11.8. The molecule has 0 heterocycles. The number of nitrogens with one attached hydrogen (secondary N) is 1. The third kappa shape index (κ3) is 3.78. The van der Waals surface area contributed by atoms with Crippen molar-refractivity contribution in [2.75, 3.05) is 18.4 Å². The summed E-state index contributed by atoms with van der Waals surface area (Å²) in [7, 11) is 0. The quantitative estimate of drug-likeness (QED) is 0.896. The van der Waals surface area contributed by atoms with Crippen LogP contribution in [0.1, 0.15) is 6.92 Å². The van der Waals surface area contributed by atoms with E-state index in [0.717, 1.165) is 4.90 Å². The first-order valence-electron chi connectivity index (χ1n) is 5.17. The SMILES string of the molecule is CCN(CC(=O)O)C(=O)Nc1cccc(Cl)c1Cl. The van der Waals surface area contributed by atoms with E-state index in [-0.39, 0.29) is 18.1 Å². The maximum atomic E-state index is 11.8. The summed E-state index contributed by atoms with van der Waals surface area (Å²) in [6.45, 7) is 1.58. The van der Waals surface area contributed by atoms with E-state index in [4.69, 9.17) is 28.3 Å². The molecule has 0 bridgehead atoms. The van der Waals surface area contributed by atoms with Gasteiger partial charge in [0.15, 0.2) is 0 Å². The molecule has 18 heavy (non-hydrogen) atoms. The Kier molecular flexibility index (Phi) is 5.25. The Hall–Kier alpha value is -1.46. The van der Waals surface area contributed by atoms with Gasteiger partial charge in [0.2, 0.25) is 0 Å². The summed E-state index contributed by atoms with van der Waals surface area (Å²) >= 11 is 11.7. The van der Waals surface area contributed by atoms with Crippen LogP contribution in [0.4, 0.5) is 10.5 Å². The monoisotopic (exact) mass is 290 g/mol. The zero-order chi connectivity index (χ0) is 13.7. The highest BCUT2D eigenvalue weighted by Crippen LogP contribution is 2.29. The van der Waals surface area contributed by atoms with Crippen molar-refractivity contribution in [1.29, 1.82) is 0 Å². The van der Waals surface area contributed by atoms with Crippen molar-refractivity contribution in [3.05, 3.63) is 28.2 Å². The van der Waals surface area contributed by atoms with E-state index in [1.165, 1.54) is 0 Å². The lowest BCUT2D eigenvalue weighted by molar-refractivity contribution is -0.137. The number of urea groups is 1. The number of hydrogen-bond acceptors (Lipinski definition) is 2. The Morgan fingerprint density at radius 3 is 2.61 bits per heavy atom. The minimum atomic E-state index is -1.08. The van der Waals surface area contributed by atoms with Crippen LogP contribution in [-0.2, 0) is 4.79 Å². The molecule has 1 rings (SSSR count). The largest absolute Gasteiger partial charge is 0.480 e. The van der Waals surface area contributed by atoms with Gasteiger partial charge in [-0.2, -0.15) is 0 Å². The topological polar surface area (TPSA) is 69.6 Å². The Bertz CT molecular complexity index is 466. The molecule has 0 fully saturated rings. The van der Waals surface area contributed by atoms with Gasteiger partial charge in [0, 0.05) is 6.54 Å². The molecule has 5 nitrogen and oxygen atoms in total. The standard InChI is InChI=1S/C11H12Cl2N2O3/c1-2-15(6-9(16)17)11(18)14-8-5-3-4-7(12)10(8)13/h3-5H,2,6H2,1H3,(H,14,18)(H,16,17). The molecule has 0 aliphatic heterocycles. The molecule has 0 saturated carbocycles. The van der Waals surface area contributed by atoms with Crippen LogP contribution in [0.15, 0.2) is 18.2 Å². The van der Waals surface area contributed by atoms with Crippen LogP contribution in [0.25, 0.3) is 0 Å². The zero-order valence-electron chi connectivity index (χ0n) is 9.61. The summed E-state index contributed by atoms with van der Waals surface area (Å²) in [5, 5.41) is 11.7. The highest BCUT2D eigenvalue weighted by atomic mass is 35.5. The zero-order valence-corrected chi connectivity index (χ0v) is 11.1. The molecule has 2 N–H and O–H groups in total. The van der Waals surface area contributed by atoms with Crippen LogP contribution in [0.3, 0.4) is 0 Å². The number of aliphatic carboxylic acids is 1. The van der Waals surface area contributed by atoms with Crippen molar-refractivity contribution in [1.82, 2.24) is 4.90 Å². The fourth-order valence-electron chi connectivity index (χ4n) is 1.29. The molecule has 0 aliphatic carbocycles. The van der Waals surface area contributed by atoms with Crippen molar-refractivity contribution >= 4 is 40.9 Å². The Balaban J connectivity index is 2.80. The first-order chi connectivity index (χ1) is 8.45. The molecule has 2 amide bonds. The number of halogens is 2. The maximum Gasteiger partial charge on any atom is 0.323 e. The van der Waals surface area contributed by atoms with Crippen molar-refractivity contribution in [2.45, 2.75) is 6.92 Å². The van der Waals surface area contributed by atoms with Crippen LogP contribution in [0.5, 0.6) is 0 Å². The van der Waals surface area contributed by atoms with Crippen molar-refractivity contribution in [3.8, 4) is 0 Å². The van der Waals surface area contributed by atoms with Gasteiger partial charge in [-0.05, 0) is 19.1 Å². The molecule has 7 heteroatoms. The highest BCUT2D eigenvalue weighted by Gasteiger charge is 2.16. The predicted octanol–water partition coefficient (Wildman–Crippen LogP) is 2.93. The van der Waals surface area contributed by atoms with Crippen LogP contribution >= 0.6 is 23.2 Å². The van der Waals surface area contributed by atoms with Gasteiger partial charge < -0.3 is 15.3 Å². The molecule has 0 atom stereocenters. The molecule has 0 aliphatic rings. The van der Waals surface area contributed by atoms with Crippen molar-refractivity contribution < 1.29 is 14.7 Å². The van der Waals surface area contributed by atoms with Gasteiger partial charge in [-0.25, -0.2) is 4.79 Å². The summed E-state index contributed by atoms with van der Waals surface area (Å²) in [4.78, 5) is 23.5. The molecular weight excluding hydrogens is 279 g/mol. The lowest BCUT2D eigenvalue weighted by Gasteiger charge is -2.19. The number of rotatable bonds is 4. The minimum absolute atomic E-state index is 0.221. The summed E-state index contributed by atoms with van der Waals surface area (Å²) in [6.07, 6.45) is 0. The van der Waals surface area contributed by atoms with Gasteiger partial charge in [-0.1, -0.05) is 29.3 Å². The van der Waals surface area contributed by atoms with Gasteiger partial charge in [-0.3, -0.25) is 4.79 Å². The average Bonchev–Trinajstić information content (AvgIpc) is 2.31. The van der Waals surface area contributed by atoms with Gasteiger partial charge in [0.25, 0.3) is 0 Å². The first-order valence-corrected chi connectivity index (χ1v) is 5.93. The van der Waals surface area contributed by atoms with E-state index >= 15 is 0 Å². The van der Waals surface area contributed by atoms with Crippen LogP contribution in [0, 0.1) is 0 Å². The third-order valence-corrected chi connectivity index (χ3v) is 3.01. The van der Waals surface area contributed by atoms with Crippen molar-refractivity contribution in [3.63, 3.8) is 0 Å². The van der Waals surface area contributed by atoms with E-state index in [2.05, 4.69) is 5.32 Å². The molecule has 98 valence electrons. The molecule has 0 saturated heterocycles. The predicted molar refractivity (Wildman–Crippen MR) is 70.4 cm³/mol. The molecule has 1 aromatic rings. The second-order valence-corrected chi connectivity index (χ2v) is 4.22. The second-order valence-electron chi connectivity index (χ2n) is 3.44. The summed E-state index contributed by atoms with van der Waals surface area (Å²) in [5.41, 5.74) is 0.345. The number of hydrogen-bond donors (Lipinski definition) is 2. The Labute approximate surface area is 114 Å². The van der Waals surface area contributed by atoms with Crippen LogP contribution in [0.2, 0.25) is 10.0 Å². The molecule has 0 unspecified atom stereocenters. The fourth-order valence-corrected chi connectivity index (χ4v) is 1.63. The van der Waals surface area contributed by atoms with E-state index in [0.29, 0.717) is 10.7 Å². The van der Waals surface area contributed by atoms with E-state index in [1.807, 2.05) is 0 Å². The lowest BCUT2D eigenvalue weighted by Crippen LogP contribution is -2.38. The smallest absolute Gasteiger partial charge is 0.323 e. The van der Waals surface area contributed by atoms with Crippen LogP contribution in [-0.4, -0.2) is 35.1 Å². The van der Waals surface area contributed by atoms with E-state index < -0.39 is 12.0 Å². The molecular formula is C11H12Cl2N2O3. The second kappa shape index (κ2) is 6.47. The molecule has 1 aromatic carbocycles. The molecule has 0 radical (unpaired) electrons. The van der Waals surface area contributed by atoms with Crippen molar-refractivity contribution in [2.24, 2.45) is 0 Å². The number of carbonyl (C=O) groups excluding carboxylic acids is 1. The summed E-state index contributed by atoms with van der Waals surface area (Å²) in [6, 6.07) is 4.27. The number of carboxylic acid groups (broad SMARTS) is 1. The lowest BCUT2D eigenvalue weighted by atomic mass is 10.3. The normalized spacial score (nSPS) is 9.94. The minimum Gasteiger partial charge on any atom is -0.480 e. The number of carbonyl (C=O) groups is 2. The summed E-state index contributed by atoms with van der Waals surface area (Å²) in [5.74, 6) is -1.08. The number of amides is 2. The van der Waals surface area contributed by atoms with Gasteiger partial charge in [0.1, 0.15) is 6.54 Å². The average molecular weight is 291 g/mol. The van der Waals surface area contributed by atoms with E-state index in [1.54, 1.807) is 25.1 Å². The van der Waals surface area contributed by atoms with Gasteiger partial charge in [-0.15, -0.1) is 0 Å². The summed E-state index contributed by atoms with van der Waals surface area (Å²) < 4.78 is 0. The Morgan fingerprint density at radius 1 is 1.39 bits per heavy atom. The number of anilines is 1. The van der Waals surface area contributed by atoms with Gasteiger partial charge in [0.05, 0.1) is 15.7 Å². The molecule has 0 aromatic heterocycles. The number of carboxylic acids is 1. The van der Waals surface area contributed by atoms with E-state index in [9.17, 15) is 9.59 Å². The number of nitrogens with zero attached hydrogens (tertiary/aromatic N) is 1. The third-order valence-electron chi connectivity index (χ3n) is 2.19.